The topological polar surface area (TPSA) is 46.5 Å². The molecule has 0 spiro atoms. The molecule has 1 aromatic rings. The predicted octanol–water partition coefficient (Wildman–Crippen LogP) is 3.58. The number of alkyl halides is 3. The minimum Gasteiger partial charge on any atom is -0.490 e. The molecule has 0 aliphatic rings. The molecular formula is C12H13F3O3. The summed E-state index contributed by atoms with van der Waals surface area (Å²) in [4.78, 5) is 10.9. The fourth-order valence-electron chi connectivity index (χ4n) is 1.28. The molecule has 0 bridgehead atoms. The lowest BCUT2D eigenvalue weighted by Crippen LogP contribution is -2.14. The van der Waals surface area contributed by atoms with Crippen LogP contribution in [0, 0.1) is 0 Å². The molecule has 100 valence electrons. The smallest absolute Gasteiger partial charge is 0.416 e. The molecule has 0 heterocycles. The first-order valence-electron chi connectivity index (χ1n) is 5.37. The molecule has 0 fully saturated rings. The Morgan fingerprint density at radius 3 is 2.50 bits per heavy atom. The van der Waals surface area contributed by atoms with E-state index >= 15 is 0 Å². The largest absolute Gasteiger partial charge is 0.490 e. The molecule has 0 saturated carbocycles. The molecule has 1 atom stereocenters. The normalized spacial score (nSPS) is 13.2. The number of aromatic carboxylic acids is 1. The SMILES string of the molecule is CCC(C)Oc1ccc(C(F)(F)F)cc1C(=O)O. The highest BCUT2D eigenvalue weighted by molar-refractivity contribution is 5.91. The Morgan fingerprint density at radius 2 is 2.06 bits per heavy atom. The van der Waals surface area contributed by atoms with Gasteiger partial charge >= 0.3 is 12.1 Å². The molecule has 0 amide bonds. The molecule has 0 aliphatic heterocycles. The summed E-state index contributed by atoms with van der Waals surface area (Å²) in [5, 5.41) is 8.89. The first-order chi connectivity index (χ1) is 8.25. The molecule has 0 saturated heterocycles. The number of hydrogen-bond acceptors (Lipinski definition) is 2. The number of halogens is 3. The zero-order chi connectivity index (χ0) is 13.9. The van der Waals surface area contributed by atoms with E-state index in [1.807, 2.05) is 6.92 Å². The van der Waals surface area contributed by atoms with E-state index in [4.69, 9.17) is 9.84 Å². The van der Waals surface area contributed by atoms with Crippen LogP contribution < -0.4 is 4.74 Å². The summed E-state index contributed by atoms with van der Waals surface area (Å²) in [6, 6.07) is 2.43. The second-order valence-electron chi connectivity index (χ2n) is 3.85. The molecule has 1 aromatic carbocycles. The first-order valence-corrected chi connectivity index (χ1v) is 5.37. The zero-order valence-electron chi connectivity index (χ0n) is 9.91. The van der Waals surface area contributed by atoms with Crippen molar-refractivity contribution in [1.29, 1.82) is 0 Å². The van der Waals surface area contributed by atoms with Gasteiger partial charge in [0.1, 0.15) is 11.3 Å². The molecule has 3 nitrogen and oxygen atoms in total. The lowest BCUT2D eigenvalue weighted by atomic mass is 10.1. The molecule has 18 heavy (non-hydrogen) atoms. The van der Waals surface area contributed by atoms with Crippen LogP contribution >= 0.6 is 0 Å². The van der Waals surface area contributed by atoms with E-state index in [-0.39, 0.29) is 11.9 Å². The third-order valence-corrected chi connectivity index (χ3v) is 2.44. The number of ether oxygens (including phenoxy) is 1. The summed E-state index contributed by atoms with van der Waals surface area (Å²) < 4.78 is 42.6. The van der Waals surface area contributed by atoms with Gasteiger partial charge in [0, 0.05) is 0 Å². The average molecular weight is 262 g/mol. The lowest BCUT2D eigenvalue weighted by Gasteiger charge is -2.16. The highest BCUT2D eigenvalue weighted by Crippen LogP contribution is 2.33. The summed E-state index contributed by atoms with van der Waals surface area (Å²) in [5.41, 5.74) is -1.48. The van der Waals surface area contributed by atoms with Crippen LogP contribution in [0.4, 0.5) is 13.2 Å². The summed E-state index contributed by atoms with van der Waals surface area (Å²) >= 11 is 0. The number of rotatable bonds is 4. The van der Waals surface area contributed by atoms with E-state index in [2.05, 4.69) is 0 Å². The van der Waals surface area contributed by atoms with Crippen molar-refractivity contribution in [3.05, 3.63) is 29.3 Å². The van der Waals surface area contributed by atoms with Gasteiger partial charge in [0.05, 0.1) is 11.7 Å². The predicted molar refractivity (Wildman–Crippen MR) is 58.8 cm³/mol. The number of carbonyl (C=O) groups is 1. The van der Waals surface area contributed by atoms with E-state index in [1.54, 1.807) is 6.92 Å². The summed E-state index contributed by atoms with van der Waals surface area (Å²) in [6.45, 7) is 3.54. The van der Waals surface area contributed by atoms with Gasteiger partial charge in [-0.3, -0.25) is 0 Å². The summed E-state index contributed by atoms with van der Waals surface area (Å²) in [6.07, 6.45) is -4.21. The second-order valence-corrected chi connectivity index (χ2v) is 3.85. The van der Waals surface area contributed by atoms with E-state index < -0.39 is 23.3 Å². The van der Waals surface area contributed by atoms with E-state index in [0.29, 0.717) is 12.5 Å². The van der Waals surface area contributed by atoms with Crippen molar-refractivity contribution >= 4 is 5.97 Å². The Morgan fingerprint density at radius 1 is 1.44 bits per heavy atom. The van der Waals surface area contributed by atoms with E-state index in [1.165, 1.54) is 0 Å². The number of benzene rings is 1. The molecule has 1 rings (SSSR count). The van der Waals surface area contributed by atoms with Crippen LogP contribution in [-0.2, 0) is 6.18 Å². The third kappa shape index (κ3) is 3.38. The highest BCUT2D eigenvalue weighted by atomic mass is 19.4. The van der Waals surface area contributed by atoms with Gasteiger partial charge in [0.2, 0.25) is 0 Å². The van der Waals surface area contributed by atoms with Crippen molar-refractivity contribution in [2.24, 2.45) is 0 Å². The molecule has 1 unspecified atom stereocenters. The lowest BCUT2D eigenvalue weighted by molar-refractivity contribution is -0.137. The highest BCUT2D eigenvalue weighted by Gasteiger charge is 2.32. The second kappa shape index (κ2) is 5.29. The Hall–Kier alpha value is -1.72. The molecule has 6 heteroatoms. The van der Waals surface area contributed by atoms with Crippen molar-refractivity contribution in [3.8, 4) is 5.75 Å². The van der Waals surface area contributed by atoms with E-state index in [9.17, 15) is 18.0 Å². The van der Waals surface area contributed by atoms with Crippen molar-refractivity contribution in [3.63, 3.8) is 0 Å². The van der Waals surface area contributed by atoms with Crippen LogP contribution in [0.15, 0.2) is 18.2 Å². The quantitative estimate of drug-likeness (QED) is 0.902. The number of carboxylic acid groups (broad SMARTS) is 1. The molecule has 0 aromatic heterocycles. The summed E-state index contributed by atoms with van der Waals surface area (Å²) in [5.74, 6) is -1.50. The van der Waals surface area contributed by atoms with Gasteiger partial charge < -0.3 is 9.84 Å². The third-order valence-electron chi connectivity index (χ3n) is 2.44. The minimum absolute atomic E-state index is 0.0511. The Balaban J connectivity index is 3.17. The van der Waals surface area contributed by atoms with Crippen LogP contribution in [0.1, 0.15) is 36.2 Å². The van der Waals surface area contributed by atoms with Crippen LogP contribution in [0.25, 0.3) is 0 Å². The fraction of sp³-hybridized carbons (Fsp3) is 0.417. The number of carboxylic acids is 1. The minimum atomic E-state index is -4.57. The van der Waals surface area contributed by atoms with Crippen LogP contribution in [0.3, 0.4) is 0 Å². The Labute approximate surface area is 102 Å². The van der Waals surface area contributed by atoms with Gasteiger partial charge in [-0.05, 0) is 31.5 Å². The van der Waals surface area contributed by atoms with Crippen LogP contribution in [0.2, 0.25) is 0 Å². The van der Waals surface area contributed by atoms with Crippen molar-refractivity contribution < 1.29 is 27.8 Å². The number of hydrogen-bond donors (Lipinski definition) is 1. The first kappa shape index (κ1) is 14.3. The average Bonchev–Trinajstić information content (AvgIpc) is 2.27. The maximum atomic E-state index is 12.5. The monoisotopic (exact) mass is 262 g/mol. The fourth-order valence-corrected chi connectivity index (χ4v) is 1.28. The standard InChI is InChI=1S/C12H13F3O3/c1-3-7(2)18-10-5-4-8(12(13,14)15)6-9(10)11(16)17/h4-7H,3H2,1-2H3,(H,16,17). The Bertz CT molecular complexity index is 441. The van der Waals surface area contributed by atoms with Gasteiger partial charge in [-0.15, -0.1) is 0 Å². The van der Waals surface area contributed by atoms with Crippen molar-refractivity contribution in [2.75, 3.05) is 0 Å². The van der Waals surface area contributed by atoms with Crippen LogP contribution in [-0.4, -0.2) is 17.2 Å². The van der Waals surface area contributed by atoms with Gasteiger partial charge in [-0.1, -0.05) is 6.92 Å². The van der Waals surface area contributed by atoms with Gasteiger partial charge in [0.25, 0.3) is 0 Å². The van der Waals surface area contributed by atoms with Crippen molar-refractivity contribution in [1.82, 2.24) is 0 Å². The zero-order valence-corrected chi connectivity index (χ0v) is 9.91. The molecular weight excluding hydrogens is 249 g/mol. The maximum Gasteiger partial charge on any atom is 0.416 e. The Kier molecular flexibility index (Phi) is 4.21. The van der Waals surface area contributed by atoms with Crippen LogP contribution in [0.5, 0.6) is 5.75 Å². The molecule has 1 N–H and O–H groups in total. The molecule has 0 aliphatic carbocycles. The van der Waals surface area contributed by atoms with Gasteiger partial charge in [-0.25, -0.2) is 4.79 Å². The van der Waals surface area contributed by atoms with Crippen molar-refractivity contribution in [2.45, 2.75) is 32.5 Å². The summed E-state index contributed by atoms with van der Waals surface area (Å²) in [7, 11) is 0. The molecule has 0 radical (unpaired) electrons. The van der Waals surface area contributed by atoms with Gasteiger partial charge in [-0.2, -0.15) is 13.2 Å². The maximum absolute atomic E-state index is 12.5. The van der Waals surface area contributed by atoms with E-state index in [0.717, 1.165) is 12.1 Å². The van der Waals surface area contributed by atoms with Gasteiger partial charge in [0.15, 0.2) is 0 Å².